The van der Waals surface area contributed by atoms with Crippen molar-refractivity contribution < 1.29 is 13.9 Å². The van der Waals surface area contributed by atoms with E-state index in [1.807, 2.05) is 0 Å². The maximum atomic E-state index is 13.3. The number of hydrogen-bond acceptors (Lipinski definition) is 3. The first-order valence-electron chi connectivity index (χ1n) is 4.84. The maximum Gasteiger partial charge on any atom is 0.328 e. The van der Waals surface area contributed by atoms with Gasteiger partial charge in [-0.05, 0) is 25.0 Å². The Balaban J connectivity index is 2.24. The topological polar surface area (TPSA) is 38.3 Å². The first-order valence-corrected chi connectivity index (χ1v) is 4.84. The molecule has 0 aliphatic carbocycles. The van der Waals surface area contributed by atoms with Crippen LogP contribution in [0, 0.1) is 5.82 Å². The Kier molecular flexibility index (Phi) is 2.58. The lowest BCUT2D eigenvalue weighted by Gasteiger charge is -2.25. The molecule has 1 heterocycles. The summed E-state index contributed by atoms with van der Waals surface area (Å²) in [5.74, 6) is -0.520. The van der Waals surface area contributed by atoms with Gasteiger partial charge in [0.25, 0.3) is 0 Å². The van der Waals surface area contributed by atoms with Crippen LogP contribution in [0.3, 0.4) is 0 Å². The summed E-state index contributed by atoms with van der Waals surface area (Å²) in [5.41, 5.74) is 1.34. The van der Waals surface area contributed by atoms with E-state index in [-0.39, 0.29) is 17.8 Å². The monoisotopic (exact) mass is 209 g/mol. The molecule has 2 rings (SSSR count). The van der Waals surface area contributed by atoms with Gasteiger partial charge in [-0.25, -0.2) is 9.18 Å². The maximum absolute atomic E-state index is 13.3. The first kappa shape index (κ1) is 9.96. The number of benzene rings is 1. The molecule has 0 aromatic heterocycles. The molecule has 1 aromatic carbocycles. The molecule has 15 heavy (non-hydrogen) atoms. The van der Waals surface area contributed by atoms with E-state index in [1.165, 1.54) is 13.2 Å². The van der Waals surface area contributed by atoms with Gasteiger partial charge in [0, 0.05) is 11.3 Å². The van der Waals surface area contributed by atoms with E-state index in [4.69, 9.17) is 0 Å². The van der Waals surface area contributed by atoms with E-state index in [2.05, 4.69) is 10.1 Å². The van der Waals surface area contributed by atoms with Crippen molar-refractivity contribution in [3.8, 4) is 0 Å². The number of esters is 1. The molecular weight excluding hydrogens is 197 g/mol. The van der Waals surface area contributed by atoms with Crippen LogP contribution in [0.2, 0.25) is 0 Å². The largest absolute Gasteiger partial charge is 0.467 e. The summed E-state index contributed by atoms with van der Waals surface area (Å²) < 4.78 is 18.0. The van der Waals surface area contributed by atoms with Crippen LogP contribution in [0.1, 0.15) is 12.0 Å². The van der Waals surface area contributed by atoms with Crippen molar-refractivity contribution in [3.63, 3.8) is 0 Å². The molecule has 0 bridgehead atoms. The molecule has 1 unspecified atom stereocenters. The van der Waals surface area contributed by atoms with Gasteiger partial charge in [0.15, 0.2) is 0 Å². The Hall–Kier alpha value is -1.58. The van der Waals surface area contributed by atoms with Crippen LogP contribution in [0.5, 0.6) is 0 Å². The van der Waals surface area contributed by atoms with Crippen LogP contribution in [0.4, 0.5) is 10.1 Å². The zero-order chi connectivity index (χ0) is 10.8. The van der Waals surface area contributed by atoms with E-state index in [9.17, 15) is 9.18 Å². The molecule has 3 nitrogen and oxygen atoms in total. The summed E-state index contributed by atoms with van der Waals surface area (Å²) in [5, 5.41) is 2.97. The van der Waals surface area contributed by atoms with E-state index < -0.39 is 0 Å². The average molecular weight is 209 g/mol. The normalized spacial score (nSPS) is 18.9. The lowest BCUT2D eigenvalue weighted by Crippen LogP contribution is -2.34. The van der Waals surface area contributed by atoms with Gasteiger partial charge < -0.3 is 10.1 Å². The number of fused-ring (bicyclic) bond motifs is 1. The smallest absolute Gasteiger partial charge is 0.328 e. The van der Waals surface area contributed by atoms with Crippen LogP contribution >= 0.6 is 0 Å². The first-order chi connectivity index (χ1) is 7.22. The van der Waals surface area contributed by atoms with Crippen LogP contribution in [0.25, 0.3) is 0 Å². The summed E-state index contributed by atoms with van der Waals surface area (Å²) in [6.07, 6.45) is 1.13. The van der Waals surface area contributed by atoms with Crippen LogP contribution < -0.4 is 5.32 Å². The number of rotatable bonds is 1. The molecule has 1 atom stereocenters. The third-order valence-electron chi connectivity index (χ3n) is 2.62. The number of halogens is 1. The number of hydrogen-bond donors (Lipinski definition) is 1. The Morgan fingerprint density at radius 3 is 3.13 bits per heavy atom. The SMILES string of the molecule is COC(=O)C1CCc2c(F)cccc2N1. The molecule has 0 saturated carbocycles. The molecule has 1 aliphatic rings. The molecule has 0 amide bonds. The number of nitrogens with one attached hydrogen (secondary N) is 1. The third-order valence-corrected chi connectivity index (χ3v) is 2.62. The molecule has 0 saturated heterocycles. The highest BCUT2D eigenvalue weighted by molar-refractivity contribution is 5.80. The summed E-state index contributed by atoms with van der Waals surface area (Å²) in [6.45, 7) is 0. The van der Waals surface area contributed by atoms with Gasteiger partial charge in [-0.3, -0.25) is 0 Å². The third kappa shape index (κ3) is 1.79. The fourth-order valence-electron chi connectivity index (χ4n) is 1.82. The number of methoxy groups -OCH3 is 1. The minimum atomic E-state index is -0.357. The van der Waals surface area contributed by atoms with E-state index in [0.717, 1.165) is 0 Å². The minimum absolute atomic E-state index is 0.219. The summed E-state index contributed by atoms with van der Waals surface area (Å²) in [6, 6.07) is 4.47. The molecule has 0 spiro atoms. The highest BCUT2D eigenvalue weighted by atomic mass is 19.1. The Morgan fingerprint density at radius 1 is 1.60 bits per heavy atom. The average Bonchev–Trinajstić information content (AvgIpc) is 2.28. The molecule has 80 valence electrons. The highest BCUT2D eigenvalue weighted by Gasteiger charge is 2.25. The van der Waals surface area contributed by atoms with E-state index >= 15 is 0 Å². The second kappa shape index (κ2) is 3.88. The fourth-order valence-corrected chi connectivity index (χ4v) is 1.82. The minimum Gasteiger partial charge on any atom is -0.467 e. The van der Waals surface area contributed by atoms with Gasteiger partial charge in [0.1, 0.15) is 11.9 Å². The summed E-state index contributed by atoms with van der Waals surface area (Å²) >= 11 is 0. The highest BCUT2D eigenvalue weighted by Crippen LogP contribution is 2.27. The van der Waals surface area contributed by atoms with E-state index in [1.54, 1.807) is 12.1 Å². The predicted molar refractivity (Wildman–Crippen MR) is 54.1 cm³/mol. The predicted octanol–water partition coefficient (Wildman–Crippen LogP) is 1.73. The summed E-state index contributed by atoms with van der Waals surface area (Å²) in [4.78, 5) is 11.3. The van der Waals surface area contributed by atoms with Crippen molar-refractivity contribution >= 4 is 11.7 Å². The lowest BCUT2D eigenvalue weighted by molar-refractivity contribution is -0.141. The van der Waals surface area contributed by atoms with Gasteiger partial charge >= 0.3 is 5.97 Å². The van der Waals surface area contributed by atoms with Gasteiger partial charge in [-0.1, -0.05) is 6.07 Å². The number of anilines is 1. The molecular formula is C11H12FNO2. The van der Waals surface area contributed by atoms with Crippen LogP contribution in [-0.4, -0.2) is 19.1 Å². The second-order valence-electron chi connectivity index (χ2n) is 3.52. The molecule has 1 aromatic rings. The zero-order valence-corrected chi connectivity index (χ0v) is 8.42. The van der Waals surface area contributed by atoms with Crippen LogP contribution in [0.15, 0.2) is 18.2 Å². The molecule has 1 N–H and O–H groups in total. The quantitative estimate of drug-likeness (QED) is 0.716. The number of carbonyl (C=O) groups is 1. The van der Waals surface area contributed by atoms with Crippen LogP contribution in [-0.2, 0) is 16.0 Å². The Bertz CT molecular complexity index is 392. The zero-order valence-electron chi connectivity index (χ0n) is 8.42. The Labute approximate surface area is 87.2 Å². The van der Waals surface area contributed by atoms with Crippen molar-refractivity contribution in [1.82, 2.24) is 0 Å². The van der Waals surface area contributed by atoms with Gasteiger partial charge in [0.05, 0.1) is 7.11 Å². The molecule has 1 aliphatic heterocycles. The van der Waals surface area contributed by atoms with Gasteiger partial charge in [-0.15, -0.1) is 0 Å². The number of carbonyl (C=O) groups excluding carboxylic acids is 1. The van der Waals surface area contributed by atoms with Crippen molar-refractivity contribution in [2.75, 3.05) is 12.4 Å². The summed E-state index contributed by atoms with van der Waals surface area (Å²) in [7, 11) is 1.35. The van der Waals surface area contributed by atoms with Gasteiger partial charge in [0.2, 0.25) is 0 Å². The molecule has 4 heteroatoms. The lowest BCUT2D eigenvalue weighted by atomic mass is 9.98. The van der Waals surface area contributed by atoms with Crippen molar-refractivity contribution in [2.24, 2.45) is 0 Å². The number of ether oxygens (including phenoxy) is 1. The Morgan fingerprint density at radius 2 is 2.40 bits per heavy atom. The van der Waals surface area contributed by atoms with E-state index in [0.29, 0.717) is 24.1 Å². The van der Waals surface area contributed by atoms with Crippen molar-refractivity contribution in [3.05, 3.63) is 29.6 Å². The molecule has 0 radical (unpaired) electrons. The van der Waals surface area contributed by atoms with Crippen molar-refractivity contribution in [2.45, 2.75) is 18.9 Å². The second-order valence-corrected chi connectivity index (χ2v) is 3.52. The van der Waals surface area contributed by atoms with Crippen molar-refractivity contribution in [1.29, 1.82) is 0 Å². The van der Waals surface area contributed by atoms with Gasteiger partial charge in [-0.2, -0.15) is 0 Å². The standard InChI is InChI=1S/C11H12FNO2/c1-15-11(14)10-6-5-7-8(12)3-2-4-9(7)13-10/h2-4,10,13H,5-6H2,1H3. The fraction of sp³-hybridized carbons (Fsp3) is 0.364. The molecule has 0 fully saturated rings.